The molecule has 0 amide bonds. The van der Waals surface area contributed by atoms with Gasteiger partial charge < -0.3 is 0 Å². The Morgan fingerprint density at radius 2 is 1.32 bits per heavy atom. The molecule has 3 rings (SSSR count). The van der Waals surface area contributed by atoms with Crippen molar-refractivity contribution < 1.29 is 0 Å². The molecule has 2 aromatic rings. The first kappa shape index (κ1) is 15.3. The highest BCUT2D eigenvalue weighted by atomic mass is 14.3. The van der Waals surface area contributed by atoms with Crippen LogP contribution in [0.5, 0.6) is 0 Å². The number of rotatable bonds is 0. The maximum Gasteiger partial charge on any atom is -0.00131 e. The number of fused-ring (bicyclic) bond motifs is 3. The van der Waals surface area contributed by atoms with E-state index in [2.05, 4.69) is 78.8 Å². The van der Waals surface area contributed by atoms with Gasteiger partial charge in [0.15, 0.2) is 0 Å². The zero-order valence-electron chi connectivity index (χ0n) is 15.1. The molecular weight excluding hydrogens is 264 g/mol. The Hall–Kier alpha value is -1.56. The molecule has 0 aliphatic heterocycles. The molecule has 0 saturated carbocycles. The summed E-state index contributed by atoms with van der Waals surface area (Å²) in [5.41, 5.74) is 10.7. The third kappa shape index (κ3) is 2.49. The second-order valence-corrected chi connectivity index (χ2v) is 8.88. The van der Waals surface area contributed by atoms with Crippen LogP contribution < -0.4 is 0 Å². The fraction of sp³-hybridized carbons (Fsp3) is 0.455. The molecule has 0 nitrogen and oxygen atoms in total. The van der Waals surface area contributed by atoms with Crippen LogP contribution in [0, 0.1) is 6.92 Å². The molecular formula is C22H28. The van der Waals surface area contributed by atoms with Crippen molar-refractivity contribution in [3.63, 3.8) is 0 Å². The van der Waals surface area contributed by atoms with Crippen LogP contribution in [0.25, 0.3) is 11.1 Å². The molecule has 1 aliphatic rings. The van der Waals surface area contributed by atoms with E-state index in [4.69, 9.17) is 0 Å². The summed E-state index contributed by atoms with van der Waals surface area (Å²) in [6, 6.07) is 11.9. The molecule has 0 N–H and O–H groups in total. The van der Waals surface area contributed by atoms with Crippen LogP contribution in [0.15, 0.2) is 30.3 Å². The van der Waals surface area contributed by atoms with E-state index < -0.39 is 0 Å². The van der Waals surface area contributed by atoms with Gasteiger partial charge in [0, 0.05) is 0 Å². The van der Waals surface area contributed by atoms with Crippen LogP contribution in [0.1, 0.15) is 69.4 Å². The fourth-order valence-electron chi connectivity index (χ4n) is 3.47. The molecule has 0 unspecified atom stereocenters. The van der Waals surface area contributed by atoms with Gasteiger partial charge in [-0.2, -0.15) is 0 Å². The number of hydrogen-bond donors (Lipinski definition) is 0. The van der Waals surface area contributed by atoms with Gasteiger partial charge in [0.2, 0.25) is 0 Å². The summed E-state index contributed by atoms with van der Waals surface area (Å²) in [4.78, 5) is 0. The minimum atomic E-state index is 0.213. The number of benzene rings is 2. The molecule has 0 heteroatoms. The Kier molecular flexibility index (Phi) is 3.29. The lowest BCUT2D eigenvalue weighted by atomic mass is 9.83. The lowest BCUT2D eigenvalue weighted by Gasteiger charge is -2.21. The van der Waals surface area contributed by atoms with Gasteiger partial charge in [0.05, 0.1) is 0 Å². The first-order valence-corrected chi connectivity index (χ1v) is 8.35. The normalized spacial score (nSPS) is 14.0. The molecule has 0 fully saturated rings. The maximum absolute atomic E-state index is 2.43. The van der Waals surface area contributed by atoms with Crippen LogP contribution in [-0.2, 0) is 17.3 Å². The molecule has 0 radical (unpaired) electrons. The third-order valence-electron chi connectivity index (χ3n) is 4.90. The van der Waals surface area contributed by atoms with Crippen LogP contribution >= 0.6 is 0 Å². The minimum absolute atomic E-state index is 0.213. The Labute approximate surface area is 135 Å². The standard InChI is InChI=1S/C22H28/c1-14-10-18(22(5,6)7)13-16-11-15-12-17(21(2,3)4)8-9-19(15)20(14)16/h8-10,12-13H,11H2,1-7H3. The van der Waals surface area contributed by atoms with E-state index in [-0.39, 0.29) is 10.8 Å². The Bertz CT molecular complexity index is 734. The second kappa shape index (κ2) is 4.72. The SMILES string of the molecule is Cc1cc(C(C)(C)C)cc2c1-c1ccc(C(C)(C)C)cc1C2. The molecule has 1 aliphatic carbocycles. The van der Waals surface area contributed by atoms with Gasteiger partial charge in [0.25, 0.3) is 0 Å². The second-order valence-electron chi connectivity index (χ2n) is 8.88. The van der Waals surface area contributed by atoms with Gasteiger partial charge in [-0.1, -0.05) is 71.9 Å². The Morgan fingerprint density at radius 3 is 1.91 bits per heavy atom. The third-order valence-corrected chi connectivity index (χ3v) is 4.90. The minimum Gasteiger partial charge on any atom is -0.0579 e. The van der Waals surface area contributed by atoms with Crippen molar-refractivity contribution in [2.24, 2.45) is 0 Å². The van der Waals surface area contributed by atoms with Gasteiger partial charge >= 0.3 is 0 Å². The van der Waals surface area contributed by atoms with Gasteiger partial charge in [-0.3, -0.25) is 0 Å². The van der Waals surface area contributed by atoms with Crippen LogP contribution in [-0.4, -0.2) is 0 Å². The lowest BCUT2D eigenvalue weighted by molar-refractivity contribution is 0.589. The van der Waals surface area contributed by atoms with E-state index in [0.717, 1.165) is 6.42 Å². The zero-order valence-corrected chi connectivity index (χ0v) is 15.1. The van der Waals surface area contributed by atoms with E-state index in [9.17, 15) is 0 Å². The molecule has 0 aromatic heterocycles. The van der Waals surface area contributed by atoms with Gasteiger partial charge in [0.1, 0.15) is 0 Å². The summed E-state index contributed by atoms with van der Waals surface area (Å²) in [6.07, 6.45) is 1.08. The molecule has 0 heterocycles. The highest BCUT2D eigenvalue weighted by Crippen LogP contribution is 2.42. The average Bonchev–Trinajstić information content (AvgIpc) is 2.74. The van der Waals surface area contributed by atoms with Gasteiger partial charge in [-0.25, -0.2) is 0 Å². The summed E-state index contributed by atoms with van der Waals surface area (Å²) >= 11 is 0. The van der Waals surface area contributed by atoms with E-state index >= 15 is 0 Å². The smallest absolute Gasteiger partial charge is 0.00131 e. The first-order chi connectivity index (χ1) is 10.1. The summed E-state index contributed by atoms with van der Waals surface area (Å²) in [7, 11) is 0. The van der Waals surface area contributed by atoms with Gasteiger partial charge in [-0.15, -0.1) is 0 Å². The molecule has 0 bridgehead atoms. The van der Waals surface area contributed by atoms with Crippen molar-refractivity contribution in [2.75, 3.05) is 0 Å². The first-order valence-electron chi connectivity index (χ1n) is 8.35. The molecule has 2 aromatic carbocycles. The van der Waals surface area contributed by atoms with Crippen molar-refractivity contribution in [3.05, 3.63) is 58.1 Å². The van der Waals surface area contributed by atoms with Gasteiger partial charge in [-0.05, 0) is 63.1 Å². The molecule has 0 atom stereocenters. The maximum atomic E-state index is 2.43. The van der Waals surface area contributed by atoms with E-state index in [1.54, 1.807) is 0 Å². The van der Waals surface area contributed by atoms with Crippen molar-refractivity contribution in [1.29, 1.82) is 0 Å². The van der Waals surface area contributed by atoms with E-state index in [1.807, 2.05) is 0 Å². The summed E-state index contributed by atoms with van der Waals surface area (Å²) in [5, 5.41) is 0. The number of aryl methyl sites for hydroxylation is 1. The highest BCUT2D eigenvalue weighted by Gasteiger charge is 2.25. The predicted octanol–water partition coefficient (Wildman–Crippen LogP) is 6.16. The fourth-order valence-corrected chi connectivity index (χ4v) is 3.47. The predicted molar refractivity (Wildman–Crippen MR) is 96.8 cm³/mol. The average molecular weight is 292 g/mol. The molecule has 0 spiro atoms. The van der Waals surface area contributed by atoms with Crippen molar-refractivity contribution in [3.8, 4) is 11.1 Å². The molecule has 22 heavy (non-hydrogen) atoms. The van der Waals surface area contributed by atoms with Crippen LogP contribution in [0.3, 0.4) is 0 Å². The summed E-state index contributed by atoms with van der Waals surface area (Å²) < 4.78 is 0. The van der Waals surface area contributed by atoms with Crippen molar-refractivity contribution in [1.82, 2.24) is 0 Å². The zero-order chi connectivity index (χ0) is 16.3. The topological polar surface area (TPSA) is 0 Å². The summed E-state index contributed by atoms with van der Waals surface area (Å²) in [6.45, 7) is 16.0. The largest absolute Gasteiger partial charge is 0.0579 e. The summed E-state index contributed by atoms with van der Waals surface area (Å²) in [5.74, 6) is 0. The lowest BCUT2D eigenvalue weighted by Crippen LogP contribution is -2.11. The molecule has 0 saturated heterocycles. The van der Waals surface area contributed by atoms with E-state index in [0.29, 0.717) is 0 Å². The number of hydrogen-bond acceptors (Lipinski definition) is 0. The van der Waals surface area contributed by atoms with Crippen molar-refractivity contribution in [2.45, 2.75) is 65.7 Å². The van der Waals surface area contributed by atoms with E-state index in [1.165, 1.54) is 38.9 Å². The quantitative estimate of drug-likeness (QED) is 0.465. The van der Waals surface area contributed by atoms with Crippen LogP contribution in [0.4, 0.5) is 0 Å². The Balaban J connectivity index is 2.13. The van der Waals surface area contributed by atoms with Crippen molar-refractivity contribution >= 4 is 0 Å². The molecule has 116 valence electrons. The van der Waals surface area contributed by atoms with Crippen LogP contribution in [0.2, 0.25) is 0 Å². The monoisotopic (exact) mass is 292 g/mol. The Morgan fingerprint density at radius 1 is 0.727 bits per heavy atom. The highest BCUT2D eigenvalue weighted by molar-refractivity contribution is 5.80.